The highest BCUT2D eigenvalue weighted by molar-refractivity contribution is 5.95. The van der Waals surface area contributed by atoms with Crippen molar-refractivity contribution in [1.82, 2.24) is 0 Å². The summed E-state index contributed by atoms with van der Waals surface area (Å²) in [5.41, 5.74) is 7.65. The van der Waals surface area contributed by atoms with Crippen LogP contribution in [0.3, 0.4) is 0 Å². The third-order valence-corrected chi connectivity index (χ3v) is 3.95. The summed E-state index contributed by atoms with van der Waals surface area (Å²) in [5.74, 6) is 0.886. The summed E-state index contributed by atoms with van der Waals surface area (Å²) in [7, 11) is 0. The summed E-state index contributed by atoms with van der Waals surface area (Å²) in [4.78, 5) is 4.35. The highest BCUT2D eigenvalue weighted by Crippen LogP contribution is 2.27. The molecule has 4 nitrogen and oxygen atoms in total. The zero-order chi connectivity index (χ0) is 17.1. The molecule has 3 atom stereocenters. The van der Waals surface area contributed by atoms with Crippen LogP contribution >= 0.6 is 0 Å². The molecule has 0 aromatic heterocycles. The molecule has 2 unspecified atom stereocenters. The summed E-state index contributed by atoms with van der Waals surface area (Å²) in [5, 5.41) is 7.69. The van der Waals surface area contributed by atoms with Crippen molar-refractivity contribution < 1.29 is 4.74 Å². The Labute approximate surface area is 136 Å². The van der Waals surface area contributed by atoms with Gasteiger partial charge in [0.25, 0.3) is 0 Å². The first-order chi connectivity index (χ1) is 10.4. The highest BCUT2D eigenvalue weighted by Gasteiger charge is 2.19. The van der Waals surface area contributed by atoms with E-state index in [-0.39, 0.29) is 6.10 Å². The molecule has 0 aliphatic heterocycles. The summed E-state index contributed by atoms with van der Waals surface area (Å²) in [6, 6.07) is 0. The van der Waals surface area contributed by atoms with Gasteiger partial charge in [-0.1, -0.05) is 13.0 Å². The van der Waals surface area contributed by atoms with Crippen molar-refractivity contribution in [2.45, 2.75) is 60.0 Å². The van der Waals surface area contributed by atoms with Gasteiger partial charge in [0.05, 0.1) is 23.2 Å². The molecule has 0 aromatic rings. The molecule has 0 fully saturated rings. The lowest BCUT2D eigenvalue weighted by molar-refractivity contribution is 0.0522. The van der Waals surface area contributed by atoms with Crippen LogP contribution in [0.4, 0.5) is 0 Å². The van der Waals surface area contributed by atoms with E-state index in [2.05, 4.69) is 25.4 Å². The summed E-state index contributed by atoms with van der Waals surface area (Å²) in [6.45, 7) is 14.5. The Kier molecular flexibility index (Phi) is 10.5. The number of ether oxygens (including phenoxy) is 1. The molecule has 22 heavy (non-hydrogen) atoms. The quantitative estimate of drug-likeness (QED) is 0.441. The minimum absolute atomic E-state index is 0.237. The van der Waals surface area contributed by atoms with E-state index < -0.39 is 0 Å². The van der Waals surface area contributed by atoms with Crippen LogP contribution in [-0.4, -0.2) is 24.6 Å². The second kappa shape index (κ2) is 11.2. The molecule has 0 aliphatic carbocycles. The molecule has 126 valence electrons. The molecule has 0 saturated carbocycles. The van der Waals surface area contributed by atoms with Gasteiger partial charge in [0.1, 0.15) is 0 Å². The first-order valence-electron chi connectivity index (χ1n) is 8.14. The molecule has 0 rings (SSSR count). The largest absolute Gasteiger partial charge is 0.396 e. The van der Waals surface area contributed by atoms with Crippen LogP contribution in [0, 0.1) is 17.2 Å². The summed E-state index contributed by atoms with van der Waals surface area (Å²) < 4.78 is 5.67. The fourth-order valence-corrected chi connectivity index (χ4v) is 2.53. The highest BCUT2D eigenvalue weighted by atomic mass is 16.5. The lowest BCUT2D eigenvalue weighted by Crippen LogP contribution is -2.19. The van der Waals surface area contributed by atoms with Gasteiger partial charge in [-0.15, -0.1) is 6.58 Å². The standard InChI is InChI=1S/C18H33N3O/c1-7-13(4)16(12-14(5)22-9-3)10-11-17(21-8-2)18(20)15(6)19/h7-8,13-14,16,19H,1,9-12,20H2,2-6H3/b18-17+,19-15?,21-8?/t13?,14-,16?/m1/s1. The number of hydrogen-bond donors (Lipinski definition) is 2. The smallest absolute Gasteiger partial charge is 0.0741 e. The van der Waals surface area contributed by atoms with Crippen molar-refractivity contribution in [2.75, 3.05) is 6.61 Å². The molecule has 0 radical (unpaired) electrons. The lowest BCUT2D eigenvalue weighted by atomic mass is 9.85. The second-order valence-electron chi connectivity index (χ2n) is 5.77. The van der Waals surface area contributed by atoms with Crippen LogP contribution in [0.2, 0.25) is 0 Å². The Morgan fingerprint density at radius 1 is 1.41 bits per heavy atom. The molecule has 0 spiro atoms. The first-order valence-corrected chi connectivity index (χ1v) is 8.14. The zero-order valence-electron chi connectivity index (χ0n) is 14.9. The van der Waals surface area contributed by atoms with E-state index >= 15 is 0 Å². The molecule has 0 saturated heterocycles. The minimum Gasteiger partial charge on any atom is -0.396 e. The number of nitrogens with two attached hydrogens (primary N) is 1. The maximum absolute atomic E-state index is 7.69. The summed E-state index contributed by atoms with van der Waals surface area (Å²) in [6.07, 6.45) is 6.70. The zero-order valence-corrected chi connectivity index (χ0v) is 14.9. The molecule has 0 aliphatic rings. The van der Waals surface area contributed by atoms with Crippen molar-refractivity contribution in [2.24, 2.45) is 22.6 Å². The molecule has 0 aromatic carbocycles. The van der Waals surface area contributed by atoms with E-state index in [1.807, 2.05) is 19.9 Å². The van der Waals surface area contributed by atoms with Crippen LogP contribution in [0.25, 0.3) is 0 Å². The molecule has 0 heterocycles. The van der Waals surface area contributed by atoms with E-state index in [0.29, 0.717) is 23.2 Å². The number of aliphatic imine (C=N–C) groups is 1. The molecular weight excluding hydrogens is 274 g/mol. The average Bonchev–Trinajstić information content (AvgIpc) is 2.48. The van der Waals surface area contributed by atoms with E-state index in [1.54, 1.807) is 13.1 Å². The molecule has 0 bridgehead atoms. The predicted octanol–water partition coefficient (Wildman–Crippen LogP) is 4.32. The van der Waals surface area contributed by atoms with Gasteiger partial charge in [0, 0.05) is 12.8 Å². The van der Waals surface area contributed by atoms with E-state index in [0.717, 1.165) is 31.6 Å². The van der Waals surface area contributed by atoms with Crippen LogP contribution < -0.4 is 5.73 Å². The van der Waals surface area contributed by atoms with Crippen LogP contribution in [0.1, 0.15) is 53.9 Å². The number of allylic oxidation sites excluding steroid dienone is 3. The van der Waals surface area contributed by atoms with Gasteiger partial charge in [0.2, 0.25) is 0 Å². The van der Waals surface area contributed by atoms with E-state index in [1.165, 1.54) is 0 Å². The fraction of sp³-hybridized carbons (Fsp3) is 0.667. The minimum atomic E-state index is 0.237. The average molecular weight is 307 g/mol. The van der Waals surface area contributed by atoms with Gasteiger partial charge in [-0.2, -0.15) is 0 Å². The van der Waals surface area contributed by atoms with Gasteiger partial charge >= 0.3 is 0 Å². The third-order valence-electron chi connectivity index (χ3n) is 3.95. The number of hydrogen-bond acceptors (Lipinski definition) is 4. The Hall–Kier alpha value is -1.42. The Bertz CT molecular complexity index is 413. The van der Waals surface area contributed by atoms with E-state index in [9.17, 15) is 0 Å². The van der Waals surface area contributed by atoms with E-state index in [4.69, 9.17) is 15.9 Å². The van der Waals surface area contributed by atoms with Crippen molar-refractivity contribution in [3.05, 3.63) is 24.0 Å². The van der Waals surface area contributed by atoms with Crippen molar-refractivity contribution in [3.63, 3.8) is 0 Å². The Morgan fingerprint density at radius 2 is 2.05 bits per heavy atom. The molecule has 3 N–H and O–H groups in total. The summed E-state index contributed by atoms with van der Waals surface area (Å²) >= 11 is 0. The van der Waals surface area contributed by atoms with Crippen molar-refractivity contribution >= 4 is 11.9 Å². The van der Waals surface area contributed by atoms with Gasteiger partial charge in [-0.25, -0.2) is 0 Å². The van der Waals surface area contributed by atoms with Gasteiger partial charge in [0.15, 0.2) is 0 Å². The lowest BCUT2D eigenvalue weighted by Gasteiger charge is -2.25. The maximum Gasteiger partial charge on any atom is 0.0741 e. The first kappa shape index (κ1) is 20.6. The Morgan fingerprint density at radius 3 is 2.50 bits per heavy atom. The Balaban J connectivity index is 4.95. The SMILES string of the molecule is C=CC(C)C(CC/C(N=CC)=C(\N)C(C)=N)C[C@@H](C)OCC. The molecule has 4 heteroatoms. The van der Waals surface area contributed by atoms with Gasteiger partial charge in [-0.3, -0.25) is 4.99 Å². The topological polar surface area (TPSA) is 71.5 Å². The van der Waals surface area contributed by atoms with Crippen LogP contribution in [0.15, 0.2) is 29.0 Å². The predicted molar refractivity (Wildman–Crippen MR) is 96.6 cm³/mol. The van der Waals surface area contributed by atoms with Crippen LogP contribution in [0.5, 0.6) is 0 Å². The van der Waals surface area contributed by atoms with Gasteiger partial charge < -0.3 is 15.9 Å². The molecular formula is C18H33N3O. The number of nitrogens with zero attached hydrogens (tertiary/aromatic N) is 1. The second-order valence-corrected chi connectivity index (χ2v) is 5.77. The normalized spacial score (nSPS) is 17.0. The molecule has 0 amide bonds. The number of nitrogens with one attached hydrogen (secondary N) is 1. The van der Waals surface area contributed by atoms with Gasteiger partial charge in [-0.05, 0) is 58.8 Å². The van der Waals surface area contributed by atoms with Crippen molar-refractivity contribution in [1.29, 1.82) is 5.41 Å². The van der Waals surface area contributed by atoms with Crippen LogP contribution in [-0.2, 0) is 4.74 Å². The van der Waals surface area contributed by atoms with Crippen molar-refractivity contribution in [3.8, 4) is 0 Å². The fourth-order valence-electron chi connectivity index (χ4n) is 2.53. The monoisotopic (exact) mass is 307 g/mol. The maximum atomic E-state index is 7.69. The number of rotatable bonds is 11. The third kappa shape index (κ3) is 7.55.